The summed E-state index contributed by atoms with van der Waals surface area (Å²) in [7, 11) is 2.03. The molecule has 1 heterocycles. The van der Waals surface area contributed by atoms with Crippen LogP contribution in [0, 0.1) is 5.41 Å². The van der Waals surface area contributed by atoms with Gasteiger partial charge in [-0.15, -0.1) is 0 Å². The summed E-state index contributed by atoms with van der Waals surface area (Å²) in [6, 6.07) is 5.72. The van der Waals surface area contributed by atoms with Gasteiger partial charge in [0.1, 0.15) is 0 Å². The van der Waals surface area contributed by atoms with Crippen LogP contribution >= 0.6 is 23.2 Å². The summed E-state index contributed by atoms with van der Waals surface area (Å²) >= 11 is 12.2. The van der Waals surface area contributed by atoms with Gasteiger partial charge in [0.25, 0.3) is 0 Å². The van der Waals surface area contributed by atoms with E-state index >= 15 is 0 Å². The standard InChI is InChI=1S/C14H19Cl2NO2/c1-10(12-4-3-11(15)5-13(12)16)17(2)6-14(7-18)8-19-9-14/h3-5,10,18H,6-9H2,1-2H3. The largest absolute Gasteiger partial charge is 0.396 e. The zero-order chi connectivity index (χ0) is 14.0. The first kappa shape index (κ1) is 15.1. The number of benzene rings is 1. The summed E-state index contributed by atoms with van der Waals surface area (Å²) in [6.07, 6.45) is 0. The average molecular weight is 304 g/mol. The fourth-order valence-corrected chi connectivity index (χ4v) is 2.93. The maximum absolute atomic E-state index is 9.48. The van der Waals surface area contributed by atoms with Gasteiger partial charge >= 0.3 is 0 Å². The molecule has 0 radical (unpaired) electrons. The van der Waals surface area contributed by atoms with Crippen LogP contribution in [0.25, 0.3) is 0 Å². The molecular formula is C14H19Cl2NO2. The Hall–Kier alpha value is -0.320. The Morgan fingerprint density at radius 3 is 2.58 bits per heavy atom. The zero-order valence-corrected chi connectivity index (χ0v) is 12.7. The van der Waals surface area contributed by atoms with Crippen molar-refractivity contribution < 1.29 is 9.84 Å². The van der Waals surface area contributed by atoms with E-state index in [1.54, 1.807) is 6.07 Å². The molecule has 0 saturated carbocycles. The molecule has 3 nitrogen and oxygen atoms in total. The molecule has 19 heavy (non-hydrogen) atoms. The van der Waals surface area contributed by atoms with Gasteiger partial charge in [-0.1, -0.05) is 29.3 Å². The monoisotopic (exact) mass is 303 g/mol. The lowest BCUT2D eigenvalue weighted by Gasteiger charge is -2.43. The average Bonchev–Trinajstić information content (AvgIpc) is 2.33. The predicted molar refractivity (Wildman–Crippen MR) is 77.8 cm³/mol. The first-order valence-electron chi connectivity index (χ1n) is 6.31. The third-order valence-electron chi connectivity index (χ3n) is 3.81. The SMILES string of the molecule is CC(c1ccc(Cl)cc1Cl)N(C)CC1(CO)COC1. The van der Waals surface area contributed by atoms with Crippen molar-refractivity contribution in [1.82, 2.24) is 4.90 Å². The summed E-state index contributed by atoms with van der Waals surface area (Å²) in [5, 5.41) is 10.8. The number of hydrogen-bond acceptors (Lipinski definition) is 3. The molecule has 1 fully saturated rings. The molecule has 1 saturated heterocycles. The van der Waals surface area contributed by atoms with E-state index in [0.717, 1.165) is 12.1 Å². The Balaban J connectivity index is 2.08. The van der Waals surface area contributed by atoms with Crippen molar-refractivity contribution in [3.63, 3.8) is 0 Å². The molecule has 0 amide bonds. The topological polar surface area (TPSA) is 32.7 Å². The van der Waals surface area contributed by atoms with Crippen molar-refractivity contribution in [2.75, 3.05) is 33.4 Å². The van der Waals surface area contributed by atoms with Crippen LogP contribution in [0.2, 0.25) is 10.0 Å². The van der Waals surface area contributed by atoms with Crippen LogP contribution in [0.5, 0.6) is 0 Å². The molecule has 0 bridgehead atoms. The van der Waals surface area contributed by atoms with E-state index in [0.29, 0.717) is 23.3 Å². The Labute approximate surface area is 124 Å². The molecule has 1 atom stereocenters. The third-order valence-corrected chi connectivity index (χ3v) is 4.37. The minimum absolute atomic E-state index is 0.123. The molecule has 1 aromatic carbocycles. The number of halogens is 2. The van der Waals surface area contributed by atoms with Gasteiger partial charge in [0.05, 0.1) is 25.2 Å². The fraction of sp³-hybridized carbons (Fsp3) is 0.571. The van der Waals surface area contributed by atoms with Gasteiger partial charge in [0.2, 0.25) is 0 Å². The number of ether oxygens (including phenoxy) is 1. The number of aliphatic hydroxyl groups is 1. The smallest absolute Gasteiger partial charge is 0.0579 e. The van der Waals surface area contributed by atoms with Crippen molar-refractivity contribution in [2.45, 2.75) is 13.0 Å². The highest BCUT2D eigenvalue weighted by Crippen LogP contribution is 2.33. The van der Waals surface area contributed by atoms with Crippen molar-refractivity contribution in [1.29, 1.82) is 0 Å². The normalized spacial score (nSPS) is 19.3. The number of nitrogens with zero attached hydrogens (tertiary/aromatic N) is 1. The second-order valence-electron chi connectivity index (χ2n) is 5.41. The minimum atomic E-state index is -0.123. The Morgan fingerprint density at radius 2 is 2.11 bits per heavy atom. The summed E-state index contributed by atoms with van der Waals surface area (Å²) in [5.41, 5.74) is 0.920. The summed E-state index contributed by atoms with van der Waals surface area (Å²) < 4.78 is 5.22. The van der Waals surface area contributed by atoms with E-state index in [9.17, 15) is 5.11 Å². The van der Waals surface area contributed by atoms with Crippen molar-refractivity contribution >= 4 is 23.2 Å². The fourth-order valence-electron chi connectivity index (χ4n) is 2.37. The Kier molecular flexibility index (Phi) is 4.75. The van der Waals surface area contributed by atoms with Crippen molar-refractivity contribution in [2.24, 2.45) is 5.41 Å². The zero-order valence-electron chi connectivity index (χ0n) is 11.2. The molecular weight excluding hydrogens is 285 g/mol. The molecule has 1 unspecified atom stereocenters. The van der Waals surface area contributed by atoms with E-state index < -0.39 is 0 Å². The summed E-state index contributed by atoms with van der Waals surface area (Å²) in [5.74, 6) is 0. The van der Waals surface area contributed by atoms with Crippen LogP contribution in [-0.4, -0.2) is 43.4 Å². The number of hydrogen-bond donors (Lipinski definition) is 1. The second kappa shape index (κ2) is 5.98. The molecule has 1 aromatic rings. The predicted octanol–water partition coefficient (Wildman–Crippen LogP) is 3.00. The van der Waals surface area contributed by atoms with Gasteiger partial charge in [-0.3, -0.25) is 4.90 Å². The number of rotatable bonds is 5. The van der Waals surface area contributed by atoms with Crippen LogP contribution in [0.4, 0.5) is 0 Å². The third kappa shape index (κ3) is 3.23. The lowest BCUT2D eigenvalue weighted by molar-refractivity contribution is -0.149. The molecule has 1 aliphatic heterocycles. The number of aliphatic hydroxyl groups excluding tert-OH is 1. The van der Waals surface area contributed by atoms with Crippen LogP contribution < -0.4 is 0 Å². The van der Waals surface area contributed by atoms with Crippen molar-refractivity contribution in [3.8, 4) is 0 Å². The van der Waals surface area contributed by atoms with E-state index in [1.165, 1.54) is 0 Å². The molecule has 0 spiro atoms. The van der Waals surface area contributed by atoms with Crippen LogP contribution in [0.3, 0.4) is 0 Å². The molecule has 0 aliphatic carbocycles. The molecule has 2 rings (SSSR count). The van der Waals surface area contributed by atoms with E-state index in [1.807, 2.05) is 19.2 Å². The van der Waals surface area contributed by atoms with Crippen LogP contribution in [0.1, 0.15) is 18.5 Å². The molecule has 0 aromatic heterocycles. The second-order valence-corrected chi connectivity index (χ2v) is 6.25. The highest BCUT2D eigenvalue weighted by Gasteiger charge is 2.39. The Morgan fingerprint density at radius 1 is 1.42 bits per heavy atom. The molecule has 5 heteroatoms. The van der Waals surface area contributed by atoms with Crippen molar-refractivity contribution in [3.05, 3.63) is 33.8 Å². The van der Waals surface area contributed by atoms with E-state index in [-0.39, 0.29) is 18.1 Å². The molecule has 1 aliphatic rings. The Bertz CT molecular complexity index is 444. The van der Waals surface area contributed by atoms with Gasteiger partial charge in [-0.05, 0) is 31.7 Å². The highest BCUT2D eigenvalue weighted by atomic mass is 35.5. The van der Waals surface area contributed by atoms with E-state index in [2.05, 4.69) is 11.8 Å². The van der Waals surface area contributed by atoms with Gasteiger partial charge in [0, 0.05) is 22.6 Å². The van der Waals surface area contributed by atoms with Crippen LogP contribution in [-0.2, 0) is 4.74 Å². The summed E-state index contributed by atoms with van der Waals surface area (Å²) in [6.45, 7) is 4.27. The molecule has 1 N–H and O–H groups in total. The molecule has 106 valence electrons. The maximum Gasteiger partial charge on any atom is 0.0579 e. The highest BCUT2D eigenvalue weighted by molar-refractivity contribution is 6.35. The minimum Gasteiger partial charge on any atom is -0.396 e. The van der Waals surface area contributed by atoms with E-state index in [4.69, 9.17) is 27.9 Å². The lowest BCUT2D eigenvalue weighted by Crippen LogP contribution is -2.52. The lowest BCUT2D eigenvalue weighted by atomic mass is 9.86. The maximum atomic E-state index is 9.48. The van der Waals surface area contributed by atoms with Gasteiger partial charge in [-0.2, -0.15) is 0 Å². The first-order chi connectivity index (χ1) is 8.97. The quantitative estimate of drug-likeness (QED) is 0.908. The van der Waals surface area contributed by atoms with Gasteiger partial charge in [-0.25, -0.2) is 0 Å². The first-order valence-corrected chi connectivity index (χ1v) is 7.07. The van der Waals surface area contributed by atoms with Gasteiger partial charge in [0.15, 0.2) is 0 Å². The van der Waals surface area contributed by atoms with Gasteiger partial charge < -0.3 is 9.84 Å². The van der Waals surface area contributed by atoms with Crippen LogP contribution in [0.15, 0.2) is 18.2 Å². The summed E-state index contributed by atoms with van der Waals surface area (Å²) in [4.78, 5) is 2.19.